The molecule has 0 unspecified atom stereocenters. The van der Waals surface area contributed by atoms with Crippen LogP contribution in [0.3, 0.4) is 0 Å². The number of nitrogens with one attached hydrogen (secondary N) is 2. The van der Waals surface area contributed by atoms with Crippen LogP contribution in [0.4, 0.5) is 11.4 Å². The van der Waals surface area contributed by atoms with Crippen LogP contribution in [0.2, 0.25) is 0 Å². The number of methoxy groups -OCH3 is 1. The normalized spacial score (nSPS) is 10.4. The molecule has 0 saturated carbocycles. The second-order valence-electron chi connectivity index (χ2n) is 6.44. The molecule has 3 aromatic rings. The molecule has 0 radical (unpaired) electrons. The number of nitrogens with zero attached hydrogens (tertiary/aromatic N) is 2. The summed E-state index contributed by atoms with van der Waals surface area (Å²) in [5.74, 6) is 0.0443. The van der Waals surface area contributed by atoms with Crippen molar-refractivity contribution in [2.24, 2.45) is 0 Å². The van der Waals surface area contributed by atoms with Crippen molar-refractivity contribution in [1.29, 1.82) is 0 Å². The zero-order chi connectivity index (χ0) is 20.3. The van der Waals surface area contributed by atoms with Gasteiger partial charge in [0.15, 0.2) is 0 Å². The fraction of sp³-hybridized carbons (Fsp3) is 0.190. The average Bonchev–Trinajstić information content (AvgIpc) is 3.00. The molecular weight excluding hydrogens is 356 g/mol. The van der Waals surface area contributed by atoms with Crippen molar-refractivity contribution >= 4 is 23.2 Å². The van der Waals surface area contributed by atoms with Gasteiger partial charge >= 0.3 is 0 Å². The Kier molecular flexibility index (Phi) is 5.44. The van der Waals surface area contributed by atoms with E-state index in [1.165, 1.54) is 14.0 Å². The third-order valence-corrected chi connectivity index (χ3v) is 4.15. The number of aromatic nitrogens is 2. The summed E-state index contributed by atoms with van der Waals surface area (Å²) in [7, 11) is 1.52. The zero-order valence-corrected chi connectivity index (χ0v) is 16.2. The minimum atomic E-state index is -0.251. The molecule has 0 saturated heterocycles. The molecular formula is C21H22N4O3. The third kappa shape index (κ3) is 4.20. The molecule has 1 aromatic heterocycles. The number of benzene rings is 2. The van der Waals surface area contributed by atoms with Gasteiger partial charge in [-0.3, -0.25) is 9.59 Å². The van der Waals surface area contributed by atoms with E-state index < -0.39 is 0 Å². The maximum absolute atomic E-state index is 12.6. The number of ether oxygens (including phenoxy) is 1. The summed E-state index contributed by atoms with van der Waals surface area (Å²) in [4.78, 5) is 23.9. The van der Waals surface area contributed by atoms with E-state index in [0.717, 1.165) is 17.1 Å². The number of rotatable bonds is 5. The van der Waals surface area contributed by atoms with Gasteiger partial charge in [0.05, 0.1) is 24.2 Å². The standard InChI is InChI=1S/C21H22N4O3/c1-13-11-14(2)25(24-13)18-8-5-16(6-9-18)21(27)23-17-7-10-20(28-4)19(12-17)22-15(3)26/h5-12H,1-4H3,(H,22,26)(H,23,27). The van der Waals surface area contributed by atoms with Crippen molar-refractivity contribution in [3.63, 3.8) is 0 Å². The molecule has 7 heteroatoms. The van der Waals surface area contributed by atoms with Gasteiger partial charge in [0.25, 0.3) is 5.91 Å². The predicted octanol–water partition coefficient (Wildman–Crippen LogP) is 3.71. The number of anilines is 2. The molecule has 0 aliphatic carbocycles. The first kappa shape index (κ1) is 19.2. The van der Waals surface area contributed by atoms with E-state index in [1.807, 2.05) is 36.7 Å². The Morgan fingerprint density at radius 3 is 2.29 bits per heavy atom. The second-order valence-corrected chi connectivity index (χ2v) is 6.44. The van der Waals surface area contributed by atoms with Crippen molar-refractivity contribution in [3.8, 4) is 11.4 Å². The Morgan fingerprint density at radius 1 is 1.00 bits per heavy atom. The lowest BCUT2D eigenvalue weighted by Crippen LogP contribution is -2.13. The summed E-state index contributed by atoms with van der Waals surface area (Å²) in [6.07, 6.45) is 0. The van der Waals surface area contributed by atoms with E-state index >= 15 is 0 Å². The number of amides is 2. The molecule has 7 nitrogen and oxygen atoms in total. The Labute approximate surface area is 163 Å². The van der Waals surface area contributed by atoms with Crippen molar-refractivity contribution in [2.45, 2.75) is 20.8 Å². The maximum Gasteiger partial charge on any atom is 0.255 e. The van der Waals surface area contributed by atoms with Gasteiger partial charge in [0.2, 0.25) is 5.91 Å². The summed E-state index contributed by atoms with van der Waals surface area (Å²) in [5, 5.41) is 9.96. The smallest absolute Gasteiger partial charge is 0.255 e. The Bertz CT molecular complexity index is 1020. The molecule has 0 aliphatic rings. The molecule has 2 amide bonds. The molecule has 3 rings (SSSR count). The number of hydrogen-bond acceptors (Lipinski definition) is 4. The highest BCUT2D eigenvalue weighted by atomic mass is 16.5. The van der Waals surface area contributed by atoms with E-state index in [-0.39, 0.29) is 11.8 Å². The molecule has 0 spiro atoms. The Morgan fingerprint density at radius 2 is 1.71 bits per heavy atom. The van der Waals surface area contributed by atoms with Gasteiger partial charge in [-0.1, -0.05) is 0 Å². The van der Waals surface area contributed by atoms with Gasteiger partial charge in [0.1, 0.15) is 5.75 Å². The van der Waals surface area contributed by atoms with Gasteiger partial charge in [-0.25, -0.2) is 4.68 Å². The quantitative estimate of drug-likeness (QED) is 0.709. The number of aryl methyl sites for hydroxylation is 2. The molecule has 1 heterocycles. The van der Waals surface area contributed by atoms with E-state index in [0.29, 0.717) is 22.7 Å². The van der Waals surface area contributed by atoms with Crippen LogP contribution in [0, 0.1) is 13.8 Å². The fourth-order valence-electron chi connectivity index (χ4n) is 2.92. The highest BCUT2D eigenvalue weighted by molar-refractivity contribution is 6.05. The van der Waals surface area contributed by atoms with E-state index in [4.69, 9.17) is 4.74 Å². The molecule has 2 aromatic carbocycles. The first-order chi connectivity index (χ1) is 13.4. The van der Waals surface area contributed by atoms with Crippen molar-refractivity contribution in [1.82, 2.24) is 9.78 Å². The van der Waals surface area contributed by atoms with Crippen molar-refractivity contribution in [3.05, 3.63) is 65.5 Å². The summed E-state index contributed by atoms with van der Waals surface area (Å²) < 4.78 is 7.06. The van der Waals surface area contributed by atoms with Gasteiger partial charge in [-0.2, -0.15) is 5.10 Å². The van der Waals surface area contributed by atoms with Gasteiger partial charge < -0.3 is 15.4 Å². The van der Waals surface area contributed by atoms with Crippen molar-refractivity contribution in [2.75, 3.05) is 17.7 Å². The van der Waals surface area contributed by atoms with Crippen molar-refractivity contribution < 1.29 is 14.3 Å². The Hall–Kier alpha value is -3.61. The van der Waals surface area contributed by atoms with Crippen LogP contribution >= 0.6 is 0 Å². The molecule has 144 valence electrons. The molecule has 0 bridgehead atoms. The largest absolute Gasteiger partial charge is 0.495 e. The van der Waals surface area contributed by atoms with Crippen LogP contribution in [-0.2, 0) is 4.79 Å². The molecule has 28 heavy (non-hydrogen) atoms. The van der Waals surface area contributed by atoms with Crippen LogP contribution in [0.15, 0.2) is 48.5 Å². The second kappa shape index (κ2) is 7.96. The maximum atomic E-state index is 12.6. The molecule has 2 N–H and O–H groups in total. The molecule has 0 aliphatic heterocycles. The number of carbonyl (C=O) groups excluding carboxylic acids is 2. The third-order valence-electron chi connectivity index (χ3n) is 4.15. The topological polar surface area (TPSA) is 85.2 Å². The van der Waals surface area contributed by atoms with Gasteiger partial charge in [-0.05, 0) is 62.4 Å². The average molecular weight is 378 g/mol. The lowest BCUT2D eigenvalue weighted by Gasteiger charge is -2.12. The van der Waals surface area contributed by atoms with E-state index in [1.54, 1.807) is 30.3 Å². The lowest BCUT2D eigenvalue weighted by atomic mass is 10.1. The SMILES string of the molecule is COc1ccc(NC(=O)c2ccc(-n3nc(C)cc3C)cc2)cc1NC(C)=O. The van der Waals surface area contributed by atoms with E-state index in [9.17, 15) is 9.59 Å². The highest BCUT2D eigenvalue weighted by Crippen LogP contribution is 2.28. The van der Waals surface area contributed by atoms with Crippen LogP contribution < -0.4 is 15.4 Å². The number of hydrogen-bond donors (Lipinski definition) is 2. The minimum absolute atomic E-state index is 0.221. The first-order valence-corrected chi connectivity index (χ1v) is 8.78. The first-order valence-electron chi connectivity index (χ1n) is 8.78. The molecule has 0 fully saturated rings. The van der Waals surface area contributed by atoms with Crippen LogP contribution in [0.1, 0.15) is 28.7 Å². The fourth-order valence-corrected chi connectivity index (χ4v) is 2.92. The van der Waals surface area contributed by atoms with Crippen LogP contribution in [0.5, 0.6) is 5.75 Å². The zero-order valence-electron chi connectivity index (χ0n) is 16.2. The molecule has 0 atom stereocenters. The van der Waals surface area contributed by atoms with Gasteiger partial charge in [-0.15, -0.1) is 0 Å². The monoisotopic (exact) mass is 378 g/mol. The lowest BCUT2D eigenvalue weighted by molar-refractivity contribution is -0.114. The summed E-state index contributed by atoms with van der Waals surface area (Å²) >= 11 is 0. The highest BCUT2D eigenvalue weighted by Gasteiger charge is 2.11. The van der Waals surface area contributed by atoms with E-state index in [2.05, 4.69) is 15.7 Å². The summed E-state index contributed by atoms with van der Waals surface area (Å²) in [6, 6.07) is 14.3. The predicted molar refractivity (Wildman–Crippen MR) is 108 cm³/mol. The number of carbonyl (C=O) groups is 2. The summed E-state index contributed by atoms with van der Waals surface area (Å²) in [6.45, 7) is 5.33. The Balaban J connectivity index is 1.78. The van der Waals surface area contributed by atoms with Crippen LogP contribution in [0.25, 0.3) is 5.69 Å². The van der Waals surface area contributed by atoms with Crippen LogP contribution in [-0.4, -0.2) is 28.7 Å². The van der Waals surface area contributed by atoms with Gasteiger partial charge in [0, 0.05) is 23.9 Å². The summed E-state index contributed by atoms with van der Waals surface area (Å²) in [5.41, 5.74) is 4.42. The minimum Gasteiger partial charge on any atom is -0.495 e.